The van der Waals surface area contributed by atoms with Gasteiger partial charge in [0.15, 0.2) is 0 Å². The normalized spacial score (nSPS) is 10.3. The lowest BCUT2D eigenvalue weighted by molar-refractivity contribution is -0.136. The lowest BCUT2D eigenvalue weighted by Gasteiger charge is -1.99. The standard InChI is InChI=1S/C7H9ClN2O3/c1-10-4(2-3-5(11)12)6(8)7(13)9-10/h2-3H2,1H3,(H,9,13)(H,11,12). The number of hydrogen-bond acceptors (Lipinski definition) is 2. The molecular weight excluding hydrogens is 196 g/mol. The molecule has 72 valence electrons. The predicted molar refractivity (Wildman–Crippen MR) is 47.0 cm³/mol. The second-order valence-corrected chi connectivity index (χ2v) is 3.03. The Morgan fingerprint density at radius 2 is 2.31 bits per heavy atom. The van der Waals surface area contributed by atoms with Crippen LogP contribution in [0.1, 0.15) is 12.1 Å². The average molecular weight is 205 g/mol. The Kier molecular flexibility index (Phi) is 2.77. The fraction of sp³-hybridized carbons (Fsp3) is 0.429. The van der Waals surface area contributed by atoms with Crippen LogP contribution in [0.2, 0.25) is 5.02 Å². The van der Waals surface area contributed by atoms with Crippen molar-refractivity contribution in [1.82, 2.24) is 9.78 Å². The summed E-state index contributed by atoms with van der Waals surface area (Å²) < 4.78 is 1.44. The topological polar surface area (TPSA) is 75.1 Å². The number of aryl methyl sites for hydroxylation is 1. The number of carboxylic acids is 1. The van der Waals surface area contributed by atoms with Gasteiger partial charge in [-0.05, 0) is 0 Å². The molecule has 0 fully saturated rings. The number of aliphatic carboxylic acids is 1. The van der Waals surface area contributed by atoms with Gasteiger partial charge in [-0.15, -0.1) is 0 Å². The van der Waals surface area contributed by atoms with Gasteiger partial charge in [-0.1, -0.05) is 11.6 Å². The molecule has 6 heteroatoms. The van der Waals surface area contributed by atoms with Crippen molar-refractivity contribution >= 4 is 17.6 Å². The molecule has 0 atom stereocenters. The second-order valence-electron chi connectivity index (χ2n) is 2.65. The van der Waals surface area contributed by atoms with Gasteiger partial charge in [-0.25, -0.2) is 0 Å². The lowest BCUT2D eigenvalue weighted by Crippen LogP contribution is -2.03. The van der Waals surface area contributed by atoms with E-state index in [2.05, 4.69) is 5.10 Å². The van der Waals surface area contributed by atoms with E-state index in [0.29, 0.717) is 5.69 Å². The zero-order valence-corrected chi connectivity index (χ0v) is 7.76. The van der Waals surface area contributed by atoms with E-state index in [-0.39, 0.29) is 23.4 Å². The number of carbonyl (C=O) groups is 1. The monoisotopic (exact) mass is 204 g/mol. The molecule has 0 aromatic carbocycles. The average Bonchev–Trinajstić information content (AvgIpc) is 2.24. The van der Waals surface area contributed by atoms with Crippen LogP contribution in [-0.2, 0) is 18.3 Å². The number of aromatic amines is 1. The van der Waals surface area contributed by atoms with Gasteiger partial charge in [0.05, 0.1) is 12.1 Å². The highest BCUT2D eigenvalue weighted by Crippen LogP contribution is 2.11. The maximum atomic E-state index is 10.9. The van der Waals surface area contributed by atoms with E-state index in [9.17, 15) is 9.59 Å². The third kappa shape index (κ3) is 2.12. The van der Waals surface area contributed by atoms with Crippen molar-refractivity contribution in [3.8, 4) is 0 Å². The number of rotatable bonds is 3. The first-order valence-corrected chi connectivity index (χ1v) is 4.05. The Balaban J connectivity index is 2.88. The molecule has 0 radical (unpaired) electrons. The fourth-order valence-electron chi connectivity index (χ4n) is 1.05. The minimum Gasteiger partial charge on any atom is -0.481 e. The van der Waals surface area contributed by atoms with Gasteiger partial charge in [0.1, 0.15) is 5.02 Å². The van der Waals surface area contributed by atoms with Crippen molar-refractivity contribution in [2.45, 2.75) is 12.8 Å². The van der Waals surface area contributed by atoms with E-state index in [0.717, 1.165) is 0 Å². The van der Waals surface area contributed by atoms with Crippen LogP contribution < -0.4 is 5.56 Å². The fourth-order valence-corrected chi connectivity index (χ4v) is 1.31. The zero-order chi connectivity index (χ0) is 10.0. The van der Waals surface area contributed by atoms with Gasteiger partial charge >= 0.3 is 5.97 Å². The van der Waals surface area contributed by atoms with E-state index in [4.69, 9.17) is 16.7 Å². The highest BCUT2D eigenvalue weighted by atomic mass is 35.5. The van der Waals surface area contributed by atoms with Gasteiger partial charge in [0.2, 0.25) is 0 Å². The zero-order valence-electron chi connectivity index (χ0n) is 7.00. The number of halogens is 1. The summed E-state index contributed by atoms with van der Waals surface area (Å²) in [6.45, 7) is 0. The summed E-state index contributed by atoms with van der Waals surface area (Å²) in [6.07, 6.45) is 0.217. The van der Waals surface area contributed by atoms with Crippen LogP contribution >= 0.6 is 11.6 Å². The molecule has 1 heterocycles. The lowest BCUT2D eigenvalue weighted by atomic mass is 10.2. The third-order valence-electron chi connectivity index (χ3n) is 1.70. The molecule has 0 aliphatic carbocycles. The maximum absolute atomic E-state index is 10.9. The highest BCUT2D eigenvalue weighted by Gasteiger charge is 2.11. The van der Waals surface area contributed by atoms with Crippen LogP contribution in [0.25, 0.3) is 0 Å². The molecule has 1 aromatic rings. The first-order valence-electron chi connectivity index (χ1n) is 3.67. The minimum atomic E-state index is -0.912. The smallest absolute Gasteiger partial charge is 0.303 e. The van der Waals surface area contributed by atoms with Crippen LogP contribution in [0.4, 0.5) is 0 Å². The Labute approximate surface area is 78.9 Å². The second kappa shape index (κ2) is 3.66. The molecular formula is C7H9ClN2O3. The SMILES string of the molecule is Cn1[nH]c(=O)c(Cl)c1CCC(=O)O. The van der Waals surface area contributed by atoms with Gasteiger partial charge in [-0.2, -0.15) is 0 Å². The van der Waals surface area contributed by atoms with Crippen LogP contribution in [0.3, 0.4) is 0 Å². The van der Waals surface area contributed by atoms with Gasteiger partial charge < -0.3 is 5.11 Å². The largest absolute Gasteiger partial charge is 0.481 e. The molecule has 0 aliphatic rings. The third-order valence-corrected chi connectivity index (χ3v) is 2.09. The van der Waals surface area contributed by atoms with E-state index in [1.165, 1.54) is 4.68 Å². The van der Waals surface area contributed by atoms with Crippen molar-refractivity contribution in [2.75, 3.05) is 0 Å². The molecule has 0 spiro atoms. The quantitative estimate of drug-likeness (QED) is 0.748. The summed E-state index contributed by atoms with van der Waals surface area (Å²) in [5.41, 5.74) is 0.138. The first-order chi connectivity index (χ1) is 6.02. The Hall–Kier alpha value is -1.23. The Morgan fingerprint density at radius 3 is 2.69 bits per heavy atom. The summed E-state index contributed by atoms with van der Waals surface area (Å²) in [5, 5.41) is 10.9. The van der Waals surface area contributed by atoms with Crippen LogP contribution in [0.5, 0.6) is 0 Å². The molecule has 0 saturated heterocycles. The van der Waals surface area contributed by atoms with Crippen LogP contribution in [-0.4, -0.2) is 20.9 Å². The summed E-state index contributed by atoms with van der Waals surface area (Å²) in [7, 11) is 1.62. The predicted octanol–water partition coefficient (Wildman–Crippen LogP) is 0.384. The molecule has 5 nitrogen and oxygen atoms in total. The van der Waals surface area contributed by atoms with Crippen molar-refractivity contribution in [1.29, 1.82) is 0 Å². The molecule has 0 aliphatic heterocycles. The molecule has 13 heavy (non-hydrogen) atoms. The number of aromatic nitrogens is 2. The maximum Gasteiger partial charge on any atom is 0.303 e. The van der Waals surface area contributed by atoms with Gasteiger partial charge in [-0.3, -0.25) is 19.4 Å². The van der Waals surface area contributed by atoms with Crippen molar-refractivity contribution < 1.29 is 9.90 Å². The molecule has 0 amide bonds. The number of carboxylic acid groups (broad SMARTS) is 1. The van der Waals surface area contributed by atoms with Crippen LogP contribution in [0, 0.1) is 0 Å². The summed E-state index contributed by atoms with van der Waals surface area (Å²) in [4.78, 5) is 21.2. The van der Waals surface area contributed by atoms with E-state index in [1.54, 1.807) is 7.05 Å². The number of hydrogen-bond donors (Lipinski definition) is 2. The number of H-pyrrole nitrogens is 1. The summed E-state index contributed by atoms with van der Waals surface area (Å²) in [6, 6.07) is 0. The molecule has 1 rings (SSSR count). The Bertz CT molecular complexity index is 380. The first kappa shape index (κ1) is 9.85. The van der Waals surface area contributed by atoms with Crippen molar-refractivity contribution in [3.05, 3.63) is 21.1 Å². The number of nitrogens with one attached hydrogen (secondary N) is 1. The van der Waals surface area contributed by atoms with Crippen molar-refractivity contribution in [3.63, 3.8) is 0 Å². The molecule has 1 aromatic heterocycles. The van der Waals surface area contributed by atoms with Crippen LogP contribution in [0.15, 0.2) is 4.79 Å². The summed E-state index contributed by atoms with van der Waals surface area (Å²) >= 11 is 5.64. The minimum absolute atomic E-state index is 0.0369. The Morgan fingerprint density at radius 1 is 1.69 bits per heavy atom. The molecule has 0 saturated carbocycles. The van der Waals surface area contributed by atoms with E-state index in [1.807, 2.05) is 0 Å². The number of nitrogens with zero attached hydrogens (tertiary/aromatic N) is 1. The van der Waals surface area contributed by atoms with E-state index >= 15 is 0 Å². The molecule has 0 unspecified atom stereocenters. The molecule has 0 bridgehead atoms. The summed E-state index contributed by atoms with van der Waals surface area (Å²) in [5.74, 6) is -0.912. The van der Waals surface area contributed by atoms with Gasteiger partial charge in [0, 0.05) is 13.5 Å². The van der Waals surface area contributed by atoms with E-state index < -0.39 is 5.97 Å². The van der Waals surface area contributed by atoms with Crippen molar-refractivity contribution in [2.24, 2.45) is 7.05 Å². The molecule has 2 N–H and O–H groups in total. The highest BCUT2D eigenvalue weighted by molar-refractivity contribution is 6.31. The van der Waals surface area contributed by atoms with Gasteiger partial charge in [0.25, 0.3) is 5.56 Å².